The lowest BCUT2D eigenvalue weighted by molar-refractivity contribution is -0.136. The van der Waals surface area contributed by atoms with Crippen molar-refractivity contribution in [3.63, 3.8) is 0 Å². The Balaban J connectivity index is 0.00000169. The number of imidazole rings is 1. The summed E-state index contributed by atoms with van der Waals surface area (Å²) < 4.78 is 7.39. The normalized spacial score (nSPS) is 15.4. The van der Waals surface area contributed by atoms with Crippen LogP contribution in [0.25, 0.3) is 0 Å². The summed E-state index contributed by atoms with van der Waals surface area (Å²) in [5.74, 6) is 0.0331. The maximum Gasteiger partial charge on any atom is 0.227 e. The van der Waals surface area contributed by atoms with Crippen molar-refractivity contribution in [3.8, 4) is 0 Å². The second-order valence-corrected chi connectivity index (χ2v) is 6.28. The molecule has 0 unspecified atom stereocenters. The molecule has 6 nitrogen and oxygen atoms in total. The van der Waals surface area contributed by atoms with E-state index in [-0.39, 0.29) is 30.7 Å². The number of amides is 1. The van der Waals surface area contributed by atoms with E-state index in [1.165, 1.54) is 5.56 Å². The summed E-state index contributed by atoms with van der Waals surface area (Å²) >= 11 is 0. The zero-order chi connectivity index (χ0) is 16.8. The van der Waals surface area contributed by atoms with Crippen LogP contribution in [0.5, 0.6) is 0 Å². The summed E-state index contributed by atoms with van der Waals surface area (Å²) in [5, 5.41) is 3.08. The molecule has 144 valence electrons. The molecule has 1 saturated heterocycles. The first-order valence-corrected chi connectivity index (χ1v) is 8.32. The monoisotopic (exact) mass is 400 g/mol. The molecule has 2 aromatic rings. The fourth-order valence-electron chi connectivity index (χ4n) is 3.11. The quantitative estimate of drug-likeness (QED) is 0.777. The third kappa shape index (κ3) is 5.20. The molecule has 1 aromatic carbocycles. The Labute approximate surface area is 166 Å². The van der Waals surface area contributed by atoms with E-state index in [2.05, 4.69) is 16.4 Å². The number of carbonyl (C=O) groups excluding carboxylic acids is 1. The van der Waals surface area contributed by atoms with Crippen LogP contribution in [0, 0.1) is 5.41 Å². The van der Waals surface area contributed by atoms with Gasteiger partial charge >= 0.3 is 0 Å². The van der Waals surface area contributed by atoms with Gasteiger partial charge in [0, 0.05) is 45.2 Å². The Kier molecular flexibility index (Phi) is 9.08. The summed E-state index contributed by atoms with van der Waals surface area (Å²) in [5.41, 5.74) is 7.69. The lowest BCUT2D eigenvalue weighted by Gasteiger charge is -2.34. The van der Waals surface area contributed by atoms with E-state index >= 15 is 0 Å². The molecule has 0 bridgehead atoms. The molecule has 1 amide bonds. The molecule has 2 heterocycles. The van der Waals surface area contributed by atoms with Crippen molar-refractivity contribution < 1.29 is 9.53 Å². The molecule has 0 saturated carbocycles. The zero-order valence-electron chi connectivity index (χ0n) is 14.6. The van der Waals surface area contributed by atoms with Gasteiger partial charge in [0.05, 0.1) is 11.7 Å². The summed E-state index contributed by atoms with van der Waals surface area (Å²) in [7, 11) is 0. The molecule has 1 aromatic heterocycles. The van der Waals surface area contributed by atoms with Crippen molar-refractivity contribution in [2.45, 2.75) is 25.9 Å². The van der Waals surface area contributed by atoms with Gasteiger partial charge in [-0.15, -0.1) is 24.8 Å². The molecule has 0 atom stereocenters. The summed E-state index contributed by atoms with van der Waals surface area (Å²) in [6.07, 6.45) is 6.86. The van der Waals surface area contributed by atoms with Gasteiger partial charge in [0.15, 0.2) is 0 Å². The van der Waals surface area contributed by atoms with Crippen LogP contribution in [-0.2, 0) is 22.6 Å². The van der Waals surface area contributed by atoms with Crippen molar-refractivity contribution in [1.82, 2.24) is 14.9 Å². The number of nitrogens with zero attached hydrogens (tertiary/aromatic N) is 2. The van der Waals surface area contributed by atoms with Crippen LogP contribution < -0.4 is 11.1 Å². The summed E-state index contributed by atoms with van der Waals surface area (Å²) in [6, 6.07) is 8.13. The van der Waals surface area contributed by atoms with E-state index in [9.17, 15) is 4.79 Å². The molecule has 0 aliphatic carbocycles. The zero-order valence-corrected chi connectivity index (χ0v) is 16.2. The van der Waals surface area contributed by atoms with Crippen LogP contribution in [0.15, 0.2) is 43.0 Å². The van der Waals surface area contributed by atoms with Crippen molar-refractivity contribution in [2.24, 2.45) is 11.1 Å². The van der Waals surface area contributed by atoms with Crippen molar-refractivity contribution >= 4 is 30.7 Å². The van der Waals surface area contributed by atoms with E-state index in [4.69, 9.17) is 10.5 Å². The van der Waals surface area contributed by atoms with Crippen molar-refractivity contribution in [1.29, 1.82) is 0 Å². The minimum atomic E-state index is -0.489. The second-order valence-electron chi connectivity index (χ2n) is 6.28. The molecule has 26 heavy (non-hydrogen) atoms. The van der Waals surface area contributed by atoms with Crippen LogP contribution in [0.2, 0.25) is 0 Å². The minimum absolute atomic E-state index is 0. The molecular formula is C18H26Cl2N4O2. The van der Waals surface area contributed by atoms with Crippen LogP contribution in [0.3, 0.4) is 0 Å². The molecule has 1 aliphatic rings. The lowest BCUT2D eigenvalue weighted by Crippen LogP contribution is -2.49. The Morgan fingerprint density at radius 1 is 1.23 bits per heavy atom. The number of halogens is 2. The molecule has 3 N–H and O–H groups in total. The number of benzene rings is 1. The van der Waals surface area contributed by atoms with Crippen LogP contribution in [-0.4, -0.2) is 35.2 Å². The molecule has 1 aliphatic heterocycles. The van der Waals surface area contributed by atoms with E-state index in [0.717, 1.165) is 12.1 Å². The van der Waals surface area contributed by atoms with Gasteiger partial charge in [0.1, 0.15) is 0 Å². The van der Waals surface area contributed by atoms with E-state index in [1.807, 2.05) is 29.0 Å². The third-order valence-corrected chi connectivity index (χ3v) is 4.79. The largest absolute Gasteiger partial charge is 0.381 e. The highest BCUT2D eigenvalue weighted by Gasteiger charge is 2.38. The first-order chi connectivity index (χ1) is 11.7. The van der Waals surface area contributed by atoms with Crippen LogP contribution in [0.1, 0.15) is 24.0 Å². The first-order valence-electron chi connectivity index (χ1n) is 8.32. The predicted octanol–water partition coefficient (Wildman–Crippen LogP) is 2.15. The summed E-state index contributed by atoms with van der Waals surface area (Å²) in [4.78, 5) is 16.8. The minimum Gasteiger partial charge on any atom is -0.381 e. The topological polar surface area (TPSA) is 82.2 Å². The smallest absolute Gasteiger partial charge is 0.227 e. The Morgan fingerprint density at radius 3 is 2.54 bits per heavy atom. The van der Waals surface area contributed by atoms with Gasteiger partial charge in [-0.2, -0.15) is 0 Å². The average molecular weight is 401 g/mol. The standard InChI is InChI=1S/C18H24N4O2.2ClH/c19-13-18(5-9-24-10-6-18)17(23)21-11-15-3-1-2-4-16(15)12-22-8-7-20-14-22;;/h1-4,7-8,14H,5-6,9-13,19H2,(H,21,23);2*1H. The Bertz CT molecular complexity index is 674. The number of hydrogen-bond donors (Lipinski definition) is 2. The van der Waals surface area contributed by atoms with Crippen LogP contribution >= 0.6 is 24.8 Å². The molecule has 1 fully saturated rings. The highest BCUT2D eigenvalue weighted by Crippen LogP contribution is 2.29. The van der Waals surface area contributed by atoms with Gasteiger partial charge in [0.2, 0.25) is 5.91 Å². The molecule has 8 heteroatoms. The fraction of sp³-hybridized carbons (Fsp3) is 0.444. The molecule has 0 radical (unpaired) electrons. The van der Waals surface area contributed by atoms with Crippen molar-refractivity contribution in [3.05, 3.63) is 54.1 Å². The highest BCUT2D eigenvalue weighted by atomic mass is 35.5. The fourth-order valence-corrected chi connectivity index (χ4v) is 3.11. The number of hydrogen-bond acceptors (Lipinski definition) is 4. The van der Waals surface area contributed by atoms with Gasteiger partial charge < -0.3 is 20.4 Å². The third-order valence-electron chi connectivity index (χ3n) is 4.79. The number of rotatable bonds is 6. The number of aromatic nitrogens is 2. The average Bonchev–Trinajstić information content (AvgIpc) is 3.14. The molecular weight excluding hydrogens is 375 g/mol. The van der Waals surface area contributed by atoms with Crippen molar-refractivity contribution in [2.75, 3.05) is 19.8 Å². The van der Waals surface area contributed by atoms with Gasteiger partial charge in [-0.25, -0.2) is 4.98 Å². The highest BCUT2D eigenvalue weighted by molar-refractivity contribution is 5.85. The van der Waals surface area contributed by atoms with Gasteiger partial charge in [-0.1, -0.05) is 24.3 Å². The second kappa shape index (κ2) is 10.5. The van der Waals surface area contributed by atoms with E-state index in [1.54, 1.807) is 12.5 Å². The molecule has 0 spiro atoms. The number of carbonyl (C=O) groups is 1. The van der Waals surface area contributed by atoms with Crippen LogP contribution in [0.4, 0.5) is 0 Å². The predicted molar refractivity (Wildman–Crippen MR) is 106 cm³/mol. The van der Waals surface area contributed by atoms with Gasteiger partial charge in [0.25, 0.3) is 0 Å². The van der Waals surface area contributed by atoms with E-state index in [0.29, 0.717) is 39.1 Å². The number of nitrogens with two attached hydrogens (primary N) is 1. The maximum absolute atomic E-state index is 12.7. The van der Waals surface area contributed by atoms with Gasteiger partial charge in [-0.3, -0.25) is 4.79 Å². The number of nitrogens with one attached hydrogen (secondary N) is 1. The first kappa shape index (κ1) is 22.4. The molecule has 3 rings (SSSR count). The maximum atomic E-state index is 12.7. The van der Waals surface area contributed by atoms with E-state index < -0.39 is 5.41 Å². The Morgan fingerprint density at radius 2 is 1.92 bits per heavy atom. The number of ether oxygens (including phenoxy) is 1. The lowest BCUT2D eigenvalue weighted by atomic mass is 9.79. The summed E-state index contributed by atoms with van der Waals surface area (Å²) in [6.45, 7) is 2.80. The Hall–Kier alpha value is -1.60. The van der Waals surface area contributed by atoms with Gasteiger partial charge in [-0.05, 0) is 24.0 Å². The SMILES string of the molecule is Cl.Cl.NCC1(C(=O)NCc2ccccc2Cn2ccnc2)CCOCC1.